The lowest BCUT2D eigenvalue weighted by Gasteiger charge is -2.37. The maximum absolute atomic E-state index is 13.7. The summed E-state index contributed by atoms with van der Waals surface area (Å²) in [7, 11) is 0. The Labute approximate surface area is 245 Å². The molecule has 0 aliphatic heterocycles. The van der Waals surface area contributed by atoms with Gasteiger partial charge in [0.1, 0.15) is 5.60 Å². The van der Waals surface area contributed by atoms with Crippen LogP contribution in [0.25, 0.3) is 11.1 Å². The number of carbonyl (C=O) groups is 1. The highest BCUT2D eigenvalue weighted by atomic mass is 32.2. The van der Waals surface area contributed by atoms with Crippen molar-refractivity contribution in [3.8, 4) is 17.2 Å². The third kappa shape index (κ3) is 7.44. The lowest BCUT2D eigenvalue weighted by Crippen LogP contribution is -2.51. The largest absolute Gasteiger partial charge is 0.760 e. The topological polar surface area (TPSA) is 125 Å². The van der Waals surface area contributed by atoms with Gasteiger partial charge in [-0.2, -0.15) is 18.4 Å². The summed E-state index contributed by atoms with van der Waals surface area (Å²) < 4.78 is 65.1. The van der Waals surface area contributed by atoms with Gasteiger partial charge >= 0.3 is 6.18 Å². The molecule has 7 nitrogen and oxygen atoms in total. The van der Waals surface area contributed by atoms with Crippen molar-refractivity contribution in [2.75, 3.05) is 5.32 Å². The highest BCUT2D eigenvalue weighted by Crippen LogP contribution is 2.38. The van der Waals surface area contributed by atoms with E-state index in [-0.39, 0.29) is 12.1 Å². The molecule has 11 heteroatoms. The summed E-state index contributed by atoms with van der Waals surface area (Å²) in [6, 6.07) is 18.6. The first-order valence-electron chi connectivity index (χ1n) is 13.6. The maximum atomic E-state index is 13.7. The van der Waals surface area contributed by atoms with Gasteiger partial charge in [-0.25, -0.2) is 4.72 Å². The van der Waals surface area contributed by atoms with Crippen LogP contribution in [0.15, 0.2) is 66.7 Å². The predicted octanol–water partition coefficient (Wildman–Crippen LogP) is 6.18. The van der Waals surface area contributed by atoms with Crippen LogP contribution in [-0.4, -0.2) is 25.4 Å². The van der Waals surface area contributed by atoms with Gasteiger partial charge in [0.05, 0.1) is 17.2 Å². The normalized spacial score (nSPS) is 17.1. The van der Waals surface area contributed by atoms with Gasteiger partial charge in [0, 0.05) is 29.4 Å². The van der Waals surface area contributed by atoms with Gasteiger partial charge in [-0.15, -0.1) is 0 Å². The Bertz CT molecular complexity index is 1500. The monoisotopic (exact) mass is 598 g/mol. The minimum Gasteiger partial charge on any atom is -0.760 e. The predicted molar refractivity (Wildman–Crippen MR) is 152 cm³/mol. The number of alkyl halides is 3. The van der Waals surface area contributed by atoms with E-state index in [9.17, 15) is 31.8 Å². The Morgan fingerprint density at radius 2 is 1.74 bits per heavy atom. The number of hydrogen-bond acceptors (Lipinski definition) is 5. The average molecular weight is 599 g/mol. The van der Waals surface area contributed by atoms with Gasteiger partial charge in [0.25, 0.3) is 5.91 Å². The fraction of sp³-hybridized carbons (Fsp3) is 0.355. The molecule has 3 aromatic carbocycles. The van der Waals surface area contributed by atoms with Crippen molar-refractivity contribution < 1.29 is 31.8 Å². The fourth-order valence-electron chi connectivity index (χ4n) is 5.56. The number of amides is 1. The molecule has 3 N–H and O–H groups in total. The Morgan fingerprint density at radius 3 is 2.38 bits per heavy atom. The minimum atomic E-state index is -4.79. The summed E-state index contributed by atoms with van der Waals surface area (Å²) in [5.41, 5.74) is -0.775. The van der Waals surface area contributed by atoms with Crippen molar-refractivity contribution in [3.63, 3.8) is 0 Å². The molecular weight excluding hydrogens is 567 g/mol. The number of nitrogens with one attached hydrogen (secondary N) is 2. The average Bonchev–Trinajstić information content (AvgIpc) is 2.97. The summed E-state index contributed by atoms with van der Waals surface area (Å²) in [6.07, 6.45) is -1.05. The smallest absolute Gasteiger partial charge is 0.417 e. The number of carbonyl (C=O) groups excluding carboxylic acids is 1. The molecule has 3 atom stereocenters. The lowest BCUT2D eigenvalue weighted by molar-refractivity contribution is -0.142. The Morgan fingerprint density at radius 1 is 1.07 bits per heavy atom. The molecule has 3 aromatic rings. The number of hydrogen-bond donors (Lipinski definition) is 3. The van der Waals surface area contributed by atoms with Crippen LogP contribution in [0.1, 0.15) is 67.3 Å². The summed E-state index contributed by atoms with van der Waals surface area (Å²) in [5.74, 6) is -1.20. The van der Waals surface area contributed by atoms with Crippen molar-refractivity contribution in [2.24, 2.45) is 5.92 Å². The highest BCUT2D eigenvalue weighted by molar-refractivity contribution is 7.77. The second-order valence-electron chi connectivity index (χ2n) is 10.7. The zero-order chi connectivity index (χ0) is 30.5. The molecule has 1 saturated carbocycles. The molecule has 1 amide bonds. The van der Waals surface area contributed by atoms with Crippen LogP contribution in [0.5, 0.6) is 0 Å². The molecule has 3 unspecified atom stereocenters. The molecule has 1 aliphatic rings. The Hall–Kier alpha value is -3.56. The number of anilines is 1. The molecule has 0 bridgehead atoms. The maximum Gasteiger partial charge on any atom is 0.417 e. The molecule has 4 rings (SSSR count). The third-order valence-corrected chi connectivity index (χ3v) is 8.32. The molecule has 42 heavy (non-hydrogen) atoms. The van der Waals surface area contributed by atoms with Crippen LogP contribution in [0, 0.1) is 17.2 Å². The molecule has 1 aliphatic carbocycles. The van der Waals surface area contributed by atoms with Gasteiger partial charge in [-0.1, -0.05) is 61.7 Å². The summed E-state index contributed by atoms with van der Waals surface area (Å²) in [5, 5.41) is 23.5. The summed E-state index contributed by atoms with van der Waals surface area (Å²) >= 11 is -2.43. The van der Waals surface area contributed by atoms with E-state index in [4.69, 9.17) is 5.26 Å². The van der Waals surface area contributed by atoms with Crippen LogP contribution in [-0.2, 0) is 28.7 Å². The molecule has 0 saturated heterocycles. The molecule has 0 heterocycles. The van der Waals surface area contributed by atoms with Gasteiger partial charge in [0.15, 0.2) is 0 Å². The van der Waals surface area contributed by atoms with Crippen molar-refractivity contribution in [2.45, 2.75) is 63.3 Å². The van der Waals surface area contributed by atoms with Gasteiger partial charge < -0.3 is 15.0 Å². The Kier molecular flexibility index (Phi) is 9.84. The van der Waals surface area contributed by atoms with E-state index >= 15 is 0 Å². The van der Waals surface area contributed by atoms with Gasteiger partial charge in [-0.05, 0) is 72.2 Å². The zero-order valence-electron chi connectivity index (χ0n) is 22.9. The van der Waals surface area contributed by atoms with E-state index in [1.165, 1.54) is 12.1 Å². The Balaban J connectivity index is 1.64. The van der Waals surface area contributed by atoms with E-state index in [0.717, 1.165) is 42.0 Å². The van der Waals surface area contributed by atoms with E-state index in [2.05, 4.69) is 10.0 Å². The molecule has 0 spiro atoms. The van der Waals surface area contributed by atoms with Crippen molar-refractivity contribution in [1.82, 2.24) is 4.72 Å². The van der Waals surface area contributed by atoms with E-state index in [0.29, 0.717) is 24.5 Å². The van der Waals surface area contributed by atoms with Crippen molar-refractivity contribution in [1.29, 1.82) is 5.26 Å². The highest BCUT2D eigenvalue weighted by Gasteiger charge is 2.44. The van der Waals surface area contributed by atoms with E-state index in [1.807, 2.05) is 30.3 Å². The SMILES string of the molecule is CC(NS(=O)[O-])c1cccc(-c2cccc(CC(O)(C(=O)Nc3ccc(C#N)c(C(F)(F)F)c3)C3CCCCC3)c2)c1. The molecule has 222 valence electrons. The van der Waals surface area contributed by atoms with Crippen LogP contribution < -0.4 is 10.0 Å². The number of nitriles is 1. The van der Waals surface area contributed by atoms with E-state index in [1.54, 1.807) is 25.1 Å². The standard InChI is InChI=1S/C31H32F3N3O4S/c1-20(37-42(40)41)22-8-6-10-24(16-22)23-9-5-7-21(15-23)18-30(39,26-11-3-2-4-12-26)29(38)36-27-14-13-25(19-35)28(17-27)31(32,33)34/h5-10,13-17,20,26,37,39H,2-4,11-12,18H2,1H3,(H,36,38)(H,40,41)/p-1. The number of rotatable bonds is 9. The van der Waals surface area contributed by atoms with Crippen LogP contribution in [0.3, 0.4) is 0 Å². The molecule has 0 radical (unpaired) electrons. The second-order valence-corrected chi connectivity index (χ2v) is 11.4. The quantitative estimate of drug-likeness (QED) is 0.254. The lowest BCUT2D eigenvalue weighted by atomic mass is 9.73. The zero-order valence-corrected chi connectivity index (χ0v) is 23.7. The number of nitrogens with zero attached hydrogens (tertiary/aromatic N) is 1. The van der Waals surface area contributed by atoms with Gasteiger partial charge in [0.2, 0.25) is 0 Å². The van der Waals surface area contributed by atoms with Crippen LogP contribution in [0.2, 0.25) is 0 Å². The first-order valence-corrected chi connectivity index (χ1v) is 14.7. The minimum absolute atomic E-state index is 0.0629. The van der Waals surface area contributed by atoms with Crippen LogP contribution in [0.4, 0.5) is 18.9 Å². The van der Waals surface area contributed by atoms with Crippen LogP contribution >= 0.6 is 0 Å². The summed E-state index contributed by atoms with van der Waals surface area (Å²) in [4.78, 5) is 13.7. The molecule has 0 aromatic heterocycles. The summed E-state index contributed by atoms with van der Waals surface area (Å²) in [6.45, 7) is 1.72. The first-order chi connectivity index (χ1) is 19.9. The van der Waals surface area contributed by atoms with Crippen molar-refractivity contribution in [3.05, 3.63) is 89.0 Å². The third-order valence-electron chi connectivity index (χ3n) is 7.77. The number of benzene rings is 3. The first kappa shape index (κ1) is 31.4. The van der Waals surface area contributed by atoms with Crippen molar-refractivity contribution >= 4 is 22.9 Å². The van der Waals surface area contributed by atoms with Gasteiger partial charge in [-0.3, -0.25) is 9.00 Å². The number of halogens is 3. The fourth-order valence-corrected chi connectivity index (χ4v) is 5.98. The van der Waals surface area contributed by atoms with E-state index < -0.39 is 52.0 Å². The molecular formula is C31H31F3N3O4S-. The second kappa shape index (κ2) is 13.2. The molecule has 1 fully saturated rings. The number of aliphatic hydroxyl groups is 1.